The van der Waals surface area contributed by atoms with Crippen molar-refractivity contribution in [2.45, 2.75) is 65.7 Å². The van der Waals surface area contributed by atoms with Crippen LogP contribution in [0.5, 0.6) is 11.5 Å². The number of aromatic hydroxyl groups is 2. The maximum atomic E-state index is 11.9. The summed E-state index contributed by atoms with van der Waals surface area (Å²) >= 11 is 0. The molecule has 0 aliphatic heterocycles. The van der Waals surface area contributed by atoms with E-state index in [-0.39, 0.29) is 34.8 Å². The van der Waals surface area contributed by atoms with Gasteiger partial charge in [0, 0.05) is 11.5 Å². The molecule has 0 fully saturated rings. The Balaban J connectivity index is 2.61. The number of benzene rings is 1. The lowest BCUT2D eigenvalue weighted by Gasteiger charge is -2.32. The fraction of sp³-hybridized carbons (Fsp3) is 0.522. The van der Waals surface area contributed by atoms with E-state index in [4.69, 9.17) is 0 Å². The fourth-order valence-electron chi connectivity index (χ4n) is 4.33. The van der Waals surface area contributed by atoms with Gasteiger partial charge >= 0.3 is 5.97 Å². The molecule has 0 spiro atoms. The molecule has 0 radical (unpaired) electrons. The molecule has 1 aromatic rings. The Kier molecular flexibility index (Phi) is 6.74. The van der Waals surface area contributed by atoms with Gasteiger partial charge in [0.2, 0.25) is 0 Å². The molecule has 27 heavy (non-hydrogen) atoms. The number of carboxylic acids is 1. The van der Waals surface area contributed by atoms with E-state index in [1.807, 2.05) is 19.9 Å². The molecule has 0 amide bonds. The summed E-state index contributed by atoms with van der Waals surface area (Å²) in [6.07, 6.45) is 6.33. The van der Waals surface area contributed by atoms with Crippen LogP contribution in [0.25, 0.3) is 0 Å². The molecule has 0 saturated carbocycles. The Morgan fingerprint density at radius 2 is 2.04 bits per heavy atom. The average Bonchev–Trinajstić information content (AvgIpc) is 2.54. The minimum absolute atomic E-state index is 0.0293. The van der Waals surface area contributed by atoms with E-state index in [1.54, 1.807) is 0 Å². The summed E-state index contributed by atoms with van der Waals surface area (Å²) in [4.78, 5) is 11.9. The summed E-state index contributed by atoms with van der Waals surface area (Å²) in [6.45, 7) is 12.2. The molecular formula is C23H32O4. The van der Waals surface area contributed by atoms with Crippen molar-refractivity contribution >= 4 is 5.97 Å². The second-order valence-electron chi connectivity index (χ2n) is 8.13. The van der Waals surface area contributed by atoms with Gasteiger partial charge < -0.3 is 15.3 Å². The number of hydrogen-bond donors (Lipinski definition) is 3. The smallest absolute Gasteiger partial charge is 0.339 e. The van der Waals surface area contributed by atoms with Crippen molar-refractivity contribution in [1.82, 2.24) is 0 Å². The molecule has 1 aliphatic rings. The lowest BCUT2D eigenvalue weighted by molar-refractivity contribution is 0.0692. The lowest BCUT2D eigenvalue weighted by Crippen LogP contribution is -2.18. The van der Waals surface area contributed by atoms with Crippen LogP contribution in [0, 0.1) is 11.8 Å². The van der Waals surface area contributed by atoms with Crippen LogP contribution in [0.4, 0.5) is 0 Å². The Hall–Kier alpha value is -2.23. The number of aromatic carboxylic acids is 1. The molecule has 3 N–H and O–H groups in total. The van der Waals surface area contributed by atoms with Crippen molar-refractivity contribution in [3.05, 3.63) is 46.6 Å². The molecule has 0 saturated heterocycles. The quantitative estimate of drug-likeness (QED) is 0.529. The van der Waals surface area contributed by atoms with Crippen LogP contribution in [0.15, 0.2) is 29.9 Å². The molecule has 1 aromatic carbocycles. The summed E-state index contributed by atoms with van der Waals surface area (Å²) in [5, 5.41) is 31.4. The van der Waals surface area contributed by atoms with Crippen LogP contribution in [0.2, 0.25) is 0 Å². The predicted molar refractivity (Wildman–Crippen MR) is 109 cm³/mol. The van der Waals surface area contributed by atoms with Gasteiger partial charge in [-0.05, 0) is 56.6 Å². The molecule has 148 valence electrons. The fourth-order valence-corrected chi connectivity index (χ4v) is 4.33. The largest absolute Gasteiger partial charge is 0.507 e. The highest BCUT2D eigenvalue weighted by atomic mass is 16.4. The SMILES string of the molecule is C=C(C)[C@@H]1CCC(C)=C[C@H]1c1c(O)cc(CC(C)CCC)c(C(=O)O)c1O. The number of carbonyl (C=O) groups is 1. The summed E-state index contributed by atoms with van der Waals surface area (Å²) in [5.41, 5.74) is 2.87. The van der Waals surface area contributed by atoms with Crippen molar-refractivity contribution < 1.29 is 20.1 Å². The van der Waals surface area contributed by atoms with Gasteiger partial charge in [-0.15, -0.1) is 0 Å². The standard InChI is InChI=1S/C23H32O4/c1-6-7-14(4)10-16-12-19(24)21(22(25)20(16)23(26)27)18-11-15(5)8-9-17(18)13(2)3/h11-12,14,17-18,24-25H,2,6-10H2,1,3-5H3,(H,26,27)/t14?,17-,18+/m0/s1. The third-order valence-corrected chi connectivity index (χ3v) is 5.68. The Morgan fingerprint density at radius 1 is 1.37 bits per heavy atom. The van der Waals surface area contributed by atoms with E-state index in [0.29, 0.717) is 17.5 Å². The second kappa shape index (κ2) is 8.64. The third-order valence-electron chi connectivity index (χ3n) is 5.68. The number of phenols is 2. The first-order valence-electron chi connectivity index (χ1n) is 9.80. The number of hydrogen-bond acceptors (Lipinski definition) is 3. The Bertz CT molecular complexity index is 760. The number of rotatable bonds is 7. The van der Waals surface area contributed by atoms with Gasteiger partial charge in [-0.2, -0.15) is 0 Å². The zero-order chi connectivity index (χ0) is 20.3. The van der Waals surface area contributed by atoms with E-state index in [2.05, 4.69) is 20.4 Å². The number of allylic oxidation sites excluding steroid dienone is 3. The van der Waals surface area contributed by atoms with Crippen LogP contribution in [0.3, 0.4) is 0 Å². The minimum Gasteiger partial charge on any atom is -0.507 e. The Morgan fingerprint density at radius 3 is 2.59 bits per heavy atom. The molecule has 0 aromatic heterocycles. The van der Waals surface area contributed by atoms with Crippen molar-refractivity contribution in [2.75, 3.05) is 0 Å². The van der Waals surface area contributed by atoms with Crippen LogP contribution in [0.1, 0.15) is 80.8 Å². The van der Waals surface area contributed by atoms with E-state index in [0.717, 1.165) is 31.3 Å². The summed E-state index contributed by atoms with van der Waals surface area (Å²) in [6, 6.07) is 1.54. The van der Waals surface area contributed by atoms with Gasteiger partial charge in [0.25, 0.3) is 0 Å². The highest BCUT2D eigenvalue weighted by molar-refractivity contribution is 5.94. The molecule has 0 heterocycles. The second-order valence-corrected chi connectivity index (χ2v) is 8.13. The van der Waals surface area contributed by atoms with Gasteiger partial charge in [-0.3, -0.25) is 0 Å². The van der Waals surface area contributed by atoms with Gasteiger partial charge in [0.15, 0.2) is 0 Å². The highest BCUT2D eigenvalue weighted by Gasteiger charge is 2.33. The maximum absolute atomic E-state index is 11.9. The first-order valence-corrected chi connectivity index (χ1v) is 9.80. The first kappa shape index (κ1) is 21.1. The maximum Gasteiger partial charge on any atom is 0.339 e. The van der Waals surface area contributed by atoms with Crippen molar-refractivity contribution in [3.63, 3.8) is 0 Å². The number of carboxylic acid groups (broad SMARTS) is 1. The van der Waals surface area contributed by atoms with Crippen LogP contribution in [-0.4, -0.2) is 21.3 Å². The summed E-state index contributed by atoms with van der Waals surface area (Å²) < 4.78 is 0. The van der Waals surface area contributed by atoms with Crippen LogP contribution < -0.4 is 0 Å². The molecule has 4 nitrogen and oxygen atoms in total. The zero-order valence-electron chi connectivity index (χ0n) is 16.9. The average molecular weight is 373 g/mol. The van der Waals surface area contributed by atoms with Crippen LogP contribution >= 0.6 is 0 Å². The van der Waals surface area contributed by atoms with E-state index in [9.17, 15) is 20.1 Å². The topological polar surface area (TPSA) is 77.8 Å². The zero-order valence-corrected chi connectivity index (χ0v) is 16.9. The summed E-state index contributed by atoms with van der Waals surface area (Å²) in [7, 11) is 0. The normalized spacial score (nSPS) is 20.8. The van der Waals surface area contributed by atoms with Gasteiger partial charge in [-0.25, -0.2) is 4.79 Å². The highest BCUT2D eigenvalue weighted by Crippen LogP contribution is 2.48. The summed E-state index contributed by atoms with van der Waals surface area (Å²) in [5.74, 6) is -1.41. The minimum atomic E-state index is -1.16. The molecule has 0 bridgehead atoms. The monoisotopic (exact) mass is 372 g/mol. The molecule has 1 aliphatic carbocycles. The third kappa shape index (κ3) is 4.55. The van der Waals surface area contributed by atoms with Crippen molar-refractivity contribution in [3.8, 4) is 11.5 Å². The molecule has 3 atom stereocenters. The molecule has 1 unspecified atom stereocenters. The van der Waals surface area contributed by atoms with E-state index < -0.39 is 5.97 Å². The first-order chi connectivity index (χ1) is 12.7. The van der Waals surface area contributed by atoms with Gasteiger partial charge in [-0.1, -0.05) is 50.5 Å². The molecular weight excluding hydrogens is 340 g/mol. The van der Waals surface area contributed by atoms with E-state index in [1.165, 1.54) is 11.6 Å². The van der Waals surface area contributed by atoms with Crippen LogP contribution in [-0.2, 0) is 6.42 Å². The van der Waals surface area contributed by atoms with Gasteiger partial charge in [0.1, 0.15) is 17.1 Å². The Labute approximate surface area is 162 Å². The predicted octanol–water partition coefficient (Wildman–Crippen LogP) is 5.79. The van der Waals surface area contributed by atoms with E-state index >= 15 is 0 Å². The van der Waals surface area contributed by atoms with Crippen molar-refractivity contribution in [2.24, 2.45) is 11.8 Å². The van der Waals surface area contributed by atoms with Crippen molar-refractivity contribution in [1.29, 1.82) is 0 Å². The van der Waals surface area contributed by atoms with Gasteiger partial charge in [0.05, 0.1) is 0 Å². The molecule has 2 rings (SSSR count). The lowest BCUT2D eigenvalue weighted by atomic mass is 9.73. The number of phenolic OH excluding ortho intramolecular Hbond substituents is 1. The molecule has 4 heteroatoms.